The molecule has 1 aromatic heterocycles. The molecule has 0 amide bonds. The van der Waals surface area contributed by atoms with Crippen LogP contribution in [0.1, 0.15) is 29.8 Å². The Bertz CT molecular complexity index is 1600. The Morgan fingerprint density at radius 2 is 1.42 bits per heavy atom. The summed E-state index contributed by atoms with van der Waals surface area (Å²) in [5, 5.41) is 10.3. The molecule has 4 aromatic rings. The van der Waals surface area contributed by atoms with Crippen LogP contribution in [0.15, 0.2) is 101 Å². The second-order valence-corrected chi connectivity index (χ2v) is 9.93. The lowest BCUT2D eigenvalue weighted by molar-refractivity contribution is -0.163. The molecule has 1 aliphatic heterocycles. The van der Waals surface area contributed by atoms with Gasteiger partial charge in [0.1, 0.15) is 29.3 Å². The van der Waals surface area contributed by atoms with Crippen LogP contribution in [0.4, 0.5) is 0 Å². The van der Waals surface area contributed by atoms with Crippen LogP contribution in [0.5, 0.6) is 11.5 Å². The molecule has 0 radical (unpaired) electrons. The SMILES string of the molecule is COc1ccc(C(O[C@@H]2[C@H](OC(C)=O)[C@@H](CO)O[C@H]2n2ccc(=O)[nH]c2=O)(c2ccccc2)c2ccc(OC)cc2)cc1. The van der Waals surface area contributed by atoms with Gasteiger partial charge < -0.3 is 28.8 Å². The van der Waals surface area contributed by atoms with E-state index in [0.717, 1.165) is 4.57 Å². The van der Waals surface area contributed by atoms with Gasteiger partial charge in [-0.1, -0.05) is 54.6 Å². The van der Waals surface area contributed by atoms with E-state index in [1.165, 1.54) is 19.2 Å². The molecule has 0 unspecified atom stereocenters. The summed E-state index contributed by atoms with van der Waals surface area (Å²) >= 11 is 0. The average Bonchev–Trinajstić information content (AvgIpc) is 3.35. The zero-order valence-corrected chi connectivity index (χ0v) is 23.8. The van der Waals surface area contributed by atoms with Gasteiger partial charge in [0.2, 0.25) is 0 Å². The Balaban J connectivity index is 1.78. The molecule has 0 aliphatic carbocycles. The van der Waals surface area contributed by atoms with Crippen LogP contribution in [-0.4, -0.2) is 59.8 Å². The van der Waals surface area contributed by atoms with Gasteiger partial charge in [0.25, 0.3) is 5.56 Å². The van der Waals surface area contributed by atoms with E-state index in [-0.39, 0.29) is 0 Å². The maximum absolute atomic E-state index is 13.0. The van der Waals surface area contributed by atoms with Crippen molar-refractivity contribution in [3.8, 4) is 11.5 Å². The molecule has 11 nitrogen and oxygen atoms in total. The van der Waals surface area contributed by atoms with E-state index < -0.39 is 54.0 Å². The van der Waals surface area contributed by atoms with Gasteiger partial charge in [-0.3, -0.25) is 19.1 Å². The highest BCUT2D eigenvalue weighted by molar-refractivity contribution is 5.66. The standard InChI is InChI=1S/C32H32N2O9/c1-20(36)41-28-26(19-35)42-30(34-18-17-27(37)33-31(34)38)29(28)43-32(21-7-5-4-6-8-21,22-9-13-24(39-2)14-10-22)23-11-15-25(40-3)16-12-23/h4-18,26,28-30,35H,19H2,1-3H3,(H,33,37,38)/t26-,28-,29-,30-/m1/s1. The number of hydrogen-bond donors (Lipinski definition) is 2. The lowest BCUT2D eigenvalue weighted by atomic mass is 9.79. The number of aromatic amines is 1. The maximum atomic E-state index is 13.0. The molecule has 1 fully saturated rings. The summed E-state index contributed by atoms with van der Waals surface area (Å²) in [7, 11) is 3.14. The van der Waals surface area contributed by atoms with Crippen molar-refractivity contribution in [1.82, 2.24) is 9.55 Å². The van der Waals surface area contributed by atoms with E-state index in [9.17, 15) is 19.5 Å². The molecule has 4 atom stereocenters. The van der Waals surface area contributed by atoms with Gasteiger partial charge in [0.05, 0.1) is 20.8 Å². The number of H-pyrrole nitrogens is 1. The van der Waals surface area contributed by atoms with Crippen LogP contribution in [0.3, 0.4) is 0 Å². The van der Waals surface area contributed by atoms with Gasteiger partial charge in [-0.25, -0.2) is 4.79 Å². The molecule has 0 spiro atoms. The first-order valence-corrected chi connectivity index (χ1v) is 13.6. The van der Waals surface area contributed by atoms with Crippen LogP contribution >= 0.6 is 0 Å². The summed E-state index contributed by atoms with van der Waals surface area (Å²) in [5.74, 6) is 0.621. The Labute approximate surface area is 247 Å². The molecular formula is C32H32N2O9. The Kier molecular flexibility index (Phi) is 8.76. The number of nitrogens with zero attached hydrogens (tertiary/aromatic N) is 1. The monoisotopic (exact) mass is 588 g/mol. The van der Waals surface area contributed by atoms with E-state index in [2.05, 4.69) is 4.98 Å². The first-order valence-electron chi connectivity index (χ1n) is 13.6. The molecule has 1 aliphatic rings. The molecule has 3 aromatic carbocycles. The van der Waals surface area contributed by atoms with Gasteiger partial charge in [-0.2, -0.15) is 0 Å². The summed E-state index contributed by atoms with van der Waals surface area (Å²) < 4.78 is 30.9. The minimum Gasteiger partial charge on any atom is -0.497 e. The number of benzene rings is 3. The van der Waals surface area contributed by atoms with E-state index in [4.69, 9.17) is 23.7 Å². The smallest absolute Gasteiger partial charge is 0.330 e. The zero-order chi connectivity index (χ0) is 30.6. The lowest BCUT2D eigenvalue weighted by Crippen LogP contribution is -2.47. The predicted octanol–water partition coefficient (Wildman–Crippen LogP) is 2.75. The van der Waals surface area contributed by atoms with Crippen LogP contribution in [0.25, 0.3) is 0 Å². The molecular weight excluding hydrogens is 556 g/mol. The number of rotatable bonds is 10. The summed E-state index contributed by atoms with van der Waals surface area (Å²) in [6, 6.07) is 25.2. The molecule has 1 saturated heterocycles. The number of carbonyl (C=O) groups is 1. The van der Waals surface area contributed by atoms with Crippen molar-refractivity contribution in [2.45, 2.75) is 37.1 Å². The number of aliphatic hydroxyl groups excluding tert-OH is 1. The quantitative estimate of drug-likeness (QED) is 0.212. The Morgan fingerprint density at radius 1 is 0.860 bits per heavy atom. The number of aromatic nitrogens is 2. The minimum atomic E-state index is -1.37. The number of methoxy groups -OCH3 is 2. The van der Waals surface area contributed by atoms with E-state index in [0.29, 0.717) is 28.2 Å². The molecule has 5 rings (SSSR count). The number of ether oxygens (including phenoxy) is 5. The summed E-state index contributed by atoms with van der Waals surface area (Å²) in [6.07, 6.45) is -3.26. The maximum Gasteiger partial charge on any atom is 0.330 e. The molecule has 2 heterocycles. The third kappa shape index (κ3) is 5.82. The van der Waals surface area contributed by atoms with E-state index in [1.807, 2.05) is 54.6 Å². The fraction of sp³-hybridized carbons (Fsp3) is 0.281. The molecule has 43 heavy (non-hydrogen) atoms. The Morgan fingerprint density at radius 3 is 1.91 bits per heavy atom. The van der Waals surface area contributed by atoms with Crippen LogP contribution in [0.2, 0.25) is 0 Å². The van der Waals surface area contributed by atoms with Crippen molar-refractivity contribution in [2.75, 3.05) is 20.8 Å². The van der Waals surface area contributed by atoms with Gasteiger partial charge in [0.15, 0.2) is 12.3 Å². The van der Waals surface area contributed by atoms with Crippen LogP contribution in [0, 0.1) is 0 Å². The van der Waals surface area contributed by atoms with Gasteiger partial charge in [-0.05, 0) is 41.0 Å². The highest BCUT2D eigenvalue weighted by atomic mass is 16.6. The zero-order valence-electron chi connectivity index (χ0n) is 23.8. The van der Waals surface area contributed by atoms with Crippen LogP contribution < -0.4 is 20.7 Å². The van der Waals surface area contributed by atoms with Gasteiger partial charge >= 0.3 is 11.7 Å². The lowest BCUT2D eigenvalue weighted by Gasteiger charge is -2.40. The predicted molar refractivity (Wildman–Crippen MR) is 155 cm³/mol. The van der Waals surface area contributed by atoms with Crippen molar-refractivity contribution in [2.24, 2.45) is 0 Å². The highest BCUT2D eigenvalue weighted by Gasteiger charge is 2.53. The summed E-state index contributed by atoms with van der Waals surface area (Å²) in [4.78, 5) is 39.4. The second kappa shape index (κ2) is 12.7. The van der Waals surface area contributed by atoms with Crippen LogP contribution in [-0.2, 0) is 24.6 Å². The number of esters is 1. The normalized spacial score (nSPS) is 20.0. The molecule has 0 saturated carbocycles. The third-order valence-corrected chi connectivity index (χ3v) is 7.38. The second-order valence-electron chi connectivity index (χ2n) is 9.93. The first kappa shape index (κ1) is 29.8. The van der Waals surface area contributed by atoms with Crippen molar-refractivity contribution in [1.29, 1.82) is 0 Å². The summed E-state index contributed by atoms with van der Waals surface area (Å²) in [5.41, 5.74) is -0.641. The van der Waals surface area contributed by atoms with Gasteiger partial charge in [0, 0.05) is 19.2 Å². The number of hydrogen-bond acceptors (Lipinski definition) is 9. The topological polar surface area (TPSA) is 138 Å². The fourth-order valence-electron chi connectivity index (χ4n) is 5.40. The number of nitrogens with one attached hydrogen (secondary N) is 1. The molecule has 224 valence electrons. The average molecular weight is 589 g/mol. The summed E-state index contributed by atoms with van der Waals surface area (Å²) in [6.45, 7) is 0.707. The number of aliphatic hydroxyl groups is 1. The molecule has 0 bridgehead atoms. The van der Waals surface area contributed by atoms with Gasteiger partial charge in [-0.15, -0.1) is 0 Å². The fourth-order valence-corrected chi connectivity index (χ4v) is 5.40. The van der Waals surface area contributed by atoms with E-state index >= 15 is 0 Å². The van der Waals surface area contributed by atoms with Crippen molar-refractivity contribution in [3.05, 3.63) is 129 Å². The molecule has 2 N–H and O–H groups in total. The van der Waals surface area contributed by atoms with Crippen molar-refractivity contribution >= 4 is 5.97 Å². The third-order valence-electron chi connectivity index (χ3n) is 7.38. The first-order chi connectivity index (χ1) is 20.8. The Hall–Kier alpha value is -4.71. The minimum absolute atomic E-state index is 0.532. The highest BCUT2D eigenvalue weighted by Crippen LogP contribution is 2.46. The van der Waals surface area contributed by atoms with Crippen molar-refractivity contribution in [3.63, 3.8) is 0 Å². The largest absolute Gasteiger partial charge is 0.497 e. The molecule has 11 heteroatoms. The van der Waals surface area contributed by atoms with Crippen molar-refractivity contribution < 1.29 is 33.6 Å². The number of carbonyl (C=O) groups excluding carboxylic acids is 1. The van der Waals surface area contributed by atoms with E-state index in [1.54, 1.807) is 38.5 Å².